The van der Waals surface area contributed by atoms with Gasteiger partial charge >= 0.3 is 0 Å². The van der Waals surface area contributed by atoms with Gasteiger partial charge in [0.2, 0.25) is 11.8 Å². The number of likely N-dealkylation sites (tertiary alicyclic amines) is 1. The van der Waals surface area contributed by atoms with E-state index in [1.165, 1.54) is 5.56 Å². The lowest BCUT2D eigenvalue weighted by Crippen LogP contribution is -2.45. The standard InChI is InChI=1S/C18H21N3O2/c1-14-5-2-6-15(11-14)12-18(22)21-10-4-7-16(13-21)23-17-8-3-9-19-20-17/h2-3,5-6,8-9,11,16H,4,7,10,12-13H2,1H3. The SMILES string of the molecule is Cc1cccc(CC(=O)N2CCCC(Oc3cccnn3)C2)c1. The lowest BCUT2D eigenvalue weighted by molar-refractivity contribution is -0.133. The number of piperidine rings is 1. The van der Waals surface area contributed by atoms with Crippen molar-refractivity contribution in [3.63, 3.8) is 0 Å². The van der Waals surface area contributed by atoms with Gasteiger partial charge in [-0.25, -0.2) is 0 Å². The van der Waals surface area contributed by atoms with Crippen LogP contribution in [0.25, 0.3) is 0 Å². The summed E-state index contributed by atoms with van der Waals surface area (Å²) in [6.45, 7) is 3.45. The van der Waals surface area contributed by atoms with Gasteiger partial charge in [0.15, 0.2) is 0 Å². The molecule has 1 atom stereocenters. The van der Waals surface area contributed by atoms with E-state index in [2.05, 4.69) is 16.3 Å². The number of hydrogen-bond acceptors (Lipinski definition) is 4. The molecule has 0 aliphatic carbocycles. The van der Waals surface area contributed by atoms with Gasteiger partial charge in [-0.05, 0) is 31.4 Å². The Kier molecular flexibility index (Phi) is 4.86. The van der Waals surface area contributed by atoms with E-state index in [0.717, 1.165) is 24.9 Å². The Balaban J connectivity index is 1.58. The normalized spacial score (nSPS) is 17.8. The van der Waals surface area contributed by atoms with E-state index in [4.69, 9.17) is 4.74 Å². The summed E-state index contributed by atoms with van der Waals surface area (Å²) in [5.74, 6) is 0.675. The molecule has 1 aromatic carbocycles. The fourth-order valence-electron chi connectivity index (χ4n) is 2.89. The largest absolute Gasteiger partial charge is 0.471 e. The number of hydrogen-bond donors (Lipinski definition) is 0. The second-order valence-corrected chi connectivity index (χ2v) is 5.95. The van der Waals surface area contributed by atoms with Gasteiger partial charge in [-0.3, -0.25) is 4.79 Å². The molecule has 5 heteroatoms. The first kappa shape index (κ1) is 15.5. The Bertz CT molecular complexity index is 660. The van der Waals surface area contributed by atoms with Crippen molar-refractivity contribution in [2.75, 3.05) is 13.1 Å². The monoisotopic (exact) mass is 311 g/mol. The van der Waals surface area contributed by atoms with Crippen LogP contribution in [0.5, 0.6) is 5.88 Å². The average molecular weight is 311 g/mol. The molecule has 0 saturated carbocycles. The third-order valence-corrected chi connectivity index (χ3v) is 4.00. The average Bonchev–Trinajstić information content (AvgIpc) is 2.56. The van der Waals surface area contributed by atoms with Gasteiger partial charge in [0.1, 0.15) is 6.10 Å². The van der Waals surface area contributed by atoms with E-state index >= 15 is 0 Å². The lowest BCUT2D eigenvalue weighted by Gasteiger charge is -2.32. The highest BCUT2D eigenvalue weighted by Crippen LogP contribution is 2.17. The van der Waals surface area contributed by atoms with Gasteiger partial charge in [0.25, 0.3) is 0 Å². The number of amides is 1. The van der Waals surface area contributed by atoms with Gasteiger partial charge < -0.3 is 9.64 Å². The molecule has 1 unspecified atom stereocenters. The predicted molar refractivity (Wildman–Crippen MR) is 87.1 cm³/mol. The van der Waals surface area contributed by atoms with Gasteiger partial charge in [-0.1, -0.05) is 29.8 Å². The van der Waals surface area contributed by atoms with Crippen LogP contribution in [0.3, 0.4) is 0 Å². The number of aryl methyl sites for hydroxylation is 1. The molecule has 0 radical (unpaired) electrons. The Morgan fingerprint density at radius 2 is 2.26 bits per heavy atom. The predicted octanol–water partition coefficient (Wildman–Crippen LogP) is 2.40. The first-order valence-corrected chi connectivity index (χ1v) is 7.98. The lowest BCUT2D eigenvalue weighted by atomic mass is 10.1. The van der Waals surface area contributed by atoms with Crippen LogP contribution in [0, 0.1) is 6.92 Å². The van der Waals surface area contributed by atoms with Crippen molar-refractivity contribution < 1.29 is 9.53 Å². The number of carbonyl (C=O) groups is 1. The van der Waals surface area contributed by atoms with Crippen molar-refractivity contribution in [1.29, 1.82) is 0 Å². The molecule has 1 amide bonds. The van der Waals surface area contributed by atoms with Crippen molar-refractivity contribution in [3.05, 3.63) is 53.7 Å². The third kappa shape index (κ3) is 4.28. The van der Waals surface area contributed by atoms with Crippen molar-refractivity contribution >= 4 is 5.91 Å². The summed E-state index contributed by atoms with van der Waals surface area (Å²) >= 11 is 0. The van der Waals surface area contributed by atoms with Gasteiger partial charge in [0.05, 0.1) is 13.0 Å². The molecule has 2 heterocycles. The Morgan fingerprint density at radius 3 is 3.04 bits per heavy atom. The first-order valence-electron chi connectivity index (χ1n) is 7.98. The number of benzene rings is 1. The van der Waals surface area contributed by atoms with Crippen LogP contribution in [0.2, 0.25) is 0 Å². The molecule has 23 heavy (non-hydrogen) atoms. The highest BCUT2D eigenvalue weighted by Gasteiger charge is 2.25. The van der Waals surface area contributed by atoms with Crippen LogP contribution in [-0.2, 0) is 11.2 Å². The Morgan fingerprint density at radius 1 is 1.35 bits per heavy atom. The number of rotatable bonds is 4. The molecule has 0 N–H and O–H groups in total. The maximum absolute atomic E-state index is 12.5. The van der Waals surface area contributed by atoms with Gasteiger partial charge in [-0.15, -0.1) is 5.10 Å². The van der Waals surface area contributed by atoms with E-state index in [0.29, 0.717) is 18.8 Å². The summed E-state index contributed by atoms with van der Waals surface area (Å²) < 4.78 is 5.84. The molecule has 1 aliphatic heterocycles. The van der Waals surface area contributed by atoms with Crippen LogP contribution in [0.15, 0.2) is 42.6 Å². The zero-order chi connectivity index (χ0) is 16.1. The maximum atomic E-state index is 12.5. The van der Waals surface area contributed by atoms with Crippen LogP contribution in [-0.4, -0.2) is 40.2 Å². The topological polar surface area (TPSA) is 55.3 Å². The molecule has 0 bridgehead atoms. The summed E-state index contributed by atoms with van der Waals surface area (Å²) in [4.78, 5) is 14.4. The van der Waals surface area contributed by atoms with Crippen LogP contribution in [0.4, 0.5) is 0 Å². The molecule has 0 spiro atoms. The second-order valence-electron chi connectivity index (χ2n) is 5.95. The number of nitrogens with zero attached hydrogens (tertiary/aromatic N) is 3. The highest BCUT2D eigenvalue weighted by molar-refractivity contribution is 5.79. The fraction of sp³-hybridized carbons (Fsp3) is 0.389. The molecule has 1 aromatic heterocycles. The second kappa shape index (κ2) is 7.22. The van der Waals surface area contributed by atoms with E-state index < -0.39 is 0 Å². The van der Waals surface area contributed by atoms with E-state index in [1.54, 1.807) is 18.3 Å². The minimum absolute atomic E-state index is 0.0121. The molecule has 3 rings (SSSR count). The summed E-state index contributed by atoms with van der Waals surface area (Å²) in [7, 11) is 0. The van der Waals surface area contributed by atoms with Gasteiger partial charge in [0, 0.05) is 18.8 Å². The summed E-state index contributed by atoms with van der Waals surface area (Å²) in [5.41, 5.74) is 2.24. The quantitative estimate of drug-likeness (QED) is 0.870. The molecule has 120 valence electrons. The van der Waals surface area contributed by atoms with Gasteiger partial charge in [-0.2, -0.15) is 5.10 Å². The minimum Gasteiger partial charge on any atom is -0.471 e. The zero-order valence-electron chi connectivity index (χ0n) is 13.3. The molecule has 1 saturated heterocycles. The molecular weight excluding hydrogens is 290 g/mol. The molecular formula is C18H21N3O2. The molecule has 5 nitrogen and oxygen atoms in total. The van der Waals surface area contributed by atoms with Crippen LogP contribution >= 0.6 is 0 Å². The maximum Gasteiger partial charge on any atom is 0.233 e. The van der Waals surface area contributed by atoms with E-state index in [1.807, 2.05) is 30.0 Å². The minimum atomic E-state index is -0.0121. The van der Waals surface area contributed by atoms with Crippen LogP contribution < -0.4 is 4.74 Å². The van der Waals surface area contributed by atoms with E-state index in [9.17, 15) is 4.79 Å². The Labute approximate surface area is 136 Å². The first-order chi connectivity index (χ1) is 11.2. The Hall–Kier alpha value is -2.43. The molecule has 1 fully saturated rings. The van der Waals surface area contributed by atoms with E-state index in [-0.39, 0.29) is 12.0 Å². The zero-order valence-corrected chi connectivity index (χ0v) is 13.3. The van der Waals surface area contributed by atoms with Crippen LogP contribution in [0.1, 0.15) is 24.0 Å². The number of ether oxygens (including phenoxy) is 1. The number of carbonyl (C=O) groups excluding carboxylic acids is 1. The summed E-state index contributed by atoms with van der Waals surface area (Å²) in [5, 5.41) is 7.76. The summed E-state index contributed by atoms with van der Waals surface area (Å²) in [6.07, 6.45) is 3.93. The van der Waals surface area contributed by atoms with Crippen molar-refractivity contribution in [2.24, 2.45) is 0 Å². The third-order valence-electron chi connectivity index (χ3n) is 4.00. The smallest absolute Gasteiger partial charge is 0.233 e. The fourth-order valence-corrected chi connectivity index (χ4v) is 2.89. The van der Waals surface area contributed by atoms with Crippen molar-refractivity contribution in [3.8, 4) is 5.88 Å². The number of aromatic nitrogens is 2. The molecule has 1 aliphatic rings. The summed E-state index contributed by atoms with van der Waals surface area (Å²) in [6, 6.07) is 11.7. The van der Waals surface area contributed by atoms with Crippen molar-refractivity contribution in [1.82, 2.24) is 15.1 Å². The van der Waals surface area contributed by atoms with Crippen molar-refractivity contribution in [2.45, 2.75) is 32.3 Å². The molecule has 2 aromatic rings. The highest BCUT2D eigenvalue weighted by atomic mass is 16.5.